The number of hydrogen-bond acceptors (Lipinski definition) is 3. The van der Waals surface area contributed by atoms with E-state index in [9.17, 15) is 0 Å². The summed E-state index contributed by atoms with van der Waals surface area (Å²) in [6, 6.07) is 4.00. The molecule has 2 saturated carbocycles. The minimum absolute atomic E-state index is 0.594. The molecule has 3 N–H and O–H groups in total. The molecule has 2 bridgehead atoms. The van der Waals surface area contributed by atoms with Gasteiger partial charge in [-0.1, -0.05) is 12.5 Å². The molecule has 0 saturated heterocycles. The van der Waals surface area contributed by atoms with E-state index in [1.807, 2.05) is 12.3 Å². The van der Waals surface area contributed by atoms with Crippen molar-refractivity contribution in [2.75, 3.05) is 5.73 Å². The van der Waals surface area contributed by atoms with Crippen LogP contribution in [-0.4, -0.2) is 15.2 Å². The molecule has 4 nitrogen and oxygen atoms in total. The highest BCUT2D eigenvalue weighted by molar-refractivity contribution is 5.75. The lowest BCUT2D eigenvalue weighted by Gasteiger charge is -2.21. The number of aromatic amines is 1. The standard InChI is InChI=1S/C16H20N4/c17-16-15(12-2-1-5-18-9-12)14(19-20-16)8-13-7-10-3-4-11(13)6-10/h1-2,5,9-11,13H,3-4,6-8H2,(H3,17,19,20). The van der Waals surface area contributed by atoms with Crippen molar-refractivity contribution in [3.63, 3.8) is 0 Å². The van der Waals surface area contributed by atoms with Crippen molar-refractivity contribution in [2.24, 2.45) is 17.8 Å². The number of hydrogen-bond donors (Lipinski definition) is 2. The number of pyridine rings is 1. The Morgan fingerprint density at radius 2 is 2.25 bits per heavy atom. The minimum Gasteiger partial charge on any atom is -0.382 e. The van der Waals surface area contributed by atoms with Gasteiger partial charge in [-0.05, 0) is 49.5 Å². The zero-order chi connectivity index (χ0) is 13.5. The van der Waals surface area contributed by atoms with Gasteiger partial charge in [0.2, 0.25) is 0 Å². The number of nitrogens with zero attached hydrogens (tertiary/aromatic N) is 2. The van der Waals surface area contributed by atoms with Crippen LogP contribution in [0.15, 0.2) is 24.5 Å². The molecular formula is C16H20N4. The summed E-state index contributed by atoms with van der Waals surface area (Å²) in [6.07, 6.45) is 10.4. The maximum Gasteiger partial charge on any atom is 0.153 e. The van der Waals surface area contributed by atoms with Crippen molar-refractivity contribution >= 4 is 5.82 Å². The molecule has 0 aromatic carbocycles. The van der Waals surface area contributed by atoms with E-state index in [1.54, 1.807) is 6.20 Å². The number of aromatic nitrogens is 3. The maximum atomic E-state index is 6.05. The predicted molar refractivity (Wildman–Crippen MR) is 78.9 cm³/mol. The molecule has 0 aliphatic heterocycles. The van der Waals surface area contributed by atoms with E-state index in [2.05, 4.69) is 21.2 Å². The highest BCUT2D eigenvalue weighted by Crippen LogP contribution is 2.49. The van der Waals surface area contributed by atoms with Crippen LogP contribution in [-0.2, 0) is 6.42 Å². The summed E-state index contributed by atoms with van der Waals surface area (Å²) in [5.74, 6) is 3.30. The first-order valence-electron chi connectivity index (χ1n) is 7.54. The molecule has 4 heteroatoms. The van der Waals surface area contributed by atoms with Crippen molar-refractivity contribution in [3.05, 3.63) is 30.2 Å². The van der Waals surface area contributed by atoms with Crippen LogP contribution in [0.2, 0.25) is 0 Å². The molecule has 2 fully saturated rings. The van der Waals surface area contributed by atoms with E-state index in [1.165, 1.54) is 31.4 Å². The Morgan fingerprint density at radius 1 is 1.30 bits per heavy atom. The number of H-pyrrole nitrogens is 1. The van der Waals surface area contributed by atoms with Gasteiger partial charge in [-0.25, -0.2) is 0 Å². The molecule has 104 valence electrons. The fraction of sp³-hybridized carbons (Fsp3) is 0.500. The van der Waals surface area contributed by atoms with Crippen LogP contribution in [0, 0.1) is 17.8 Å². The molecular weight excluding hydrogens is 248 g/mol. The highest BCUT2D eigenvalue weighted by Gasteiger charge is 2.39. The summed E-state index contributed by atoms with van der Waals surface area (Å²) in [4.78, 5) is 4.20. The first kappa shape index (κ1) is 11.9. The second-order valence-corrected chi connectivity index (χ2v) is 6.34. The number of nitrogens with one attached hydrogen (secondary N) is 1. The van der Waals surface area contributed by atoms with Gasteiger partial charge in [0.05, 0.1) is 0 Å². The van der Waals surface area contributed by atoms with Gasteiger partial charge >= 0.3 is 0 Å². The van der Waals surface area contributed by atoms with Gasteiger partial charge in [0, 0.05) is 29.2 Å². The van der Waals surface area contributed by atoms with Gasteiger partial charge in [0.1, 0.15) is 0 Å². The molecule has 2 aromatic heterocycles. The van der Waals surface area contributed by atoms with Gasteiger partial charge in [-0.15, -0.1) is 0 Å². The lowest BCUT2D eigenvalue weighted by molar-refractivity contribution is 0.329. The molecule has 0 amide bonds. The van der Waals surface area contributed by atoms with E-state index < -0.39 is 0 Å². The minimum atomic E-state index is 0.594. The number of nitrogens with two attached hydrogens (primary N) is 1. The van der Waals surface area contributed by atoms with Gasteiger partial charge in [-0.3, -0.25) is 10.1 Å². The molecule has 2 aliphatic carbocycles. The number of fused-ring (bicyclic) bond motifs is 2. The number of rotatable bonds is 3. The normalized spacial score (nSPS) is 28.1. The Labute approximate surface area is 118 Å². The largest absolute Gasteiger partial charge is 0.382 e. The molecule has 0 spiro atoms. The van der Waals surface area contributed by atoms with E-state index in [4.69, 9.17) is 5.73 Å². The van der Waals surface area contributed by atoms with Crippen LogP contribution in [0.1, 0.15) is 31.4 Å². The fourth-order valence-corrected chi connectivity index (χ4v) is 4.26. The zero-order valence-electron chi connectivity index (χ0n) is 11.5. The molecule has 0 radical (unpaired) electrons. The van der Waals surface area contributed by atoms with E-state index >= 15 is 0 Å². The first-order valence-corrected chi connectivity index (χ1v) is 7.54. The monoisotopic (exact) mass is 268 g/mol. The van der Waals surface area contributed by atoms with Gasteiger partial charge in [-0.2, -0.15) is 5.10 Å². The third-order valence-electron chi connectivity index (χ3n) is 5.17. The van der Waals surface area contributed by atoms with E-state index in [0.29, 0.717) is 5.82 Å². The van der Waals surface area contributed by atoms with Crippen LogP contribution < -0.4 is 5.73 Å². The molecule has 2 heterocycles. The molecule has 4 rings (SSSR count). The molecule has 2 aromatic rings. The summed E-state index contributed by atoms with van der Waals surface area (Å²) in [5.41, 5.74) is 9.36. The van der Waals surface area contributed by atoms with Crippen molar-refractivity contribution < 1.29 is 0 Å². The summed E-state index contributed by atoms with van der Waals surface area (Å²) < 4.78 is 0. The number of nitrogen functional groups attached to an aromatic ring is 1. The lowest BCUT2D eigenvalue weighted by Crippen LogP contribution is -2.13. The molecule has 20 heavy (non-hydrogen) atoms. The predicted octanol–water partition coefficient (Wildman–Crippen LogP) is 3.03. The third-order valence-corrected chi connectivity index (χ3v) is 5.17. The van der Waals surface area contributed by atoms with Crippen molar-refractivity contribution in [3.8, 4) is 11.1 Å². The second-order valence-electron chi connectivity index (χ2n) is 6.34. The maximum absolute atomic E-state index is 6.05. The Kier molecular flexibility index (Phi) is 2.76. The van der Waals surface area contributed by atoms with E-state index in [-0.39, 0.29) is 0 Å². The van der Waals surface area contributed by atoms with Crippen molar-refractivity contribution in [2.45, 2.75) is 32.1 Å². The average molecular weight is 268 g/mol. The smallest absolute Gasteiger partial charge is 0.153 e. The Morgan fingerprint density at radius 3 is 2.95 bits per heavy atom. The Balaban J connectivity index is 1.63. The highest BCUT2D eigenvalue weighted by atomic mass is 15.2. The summed E-state index contributed by atoms with van der Waals surface area (Å²) in [5, 5.41) is 7.38. The zero-order valence-corrected chi connectivity index (χ0v) is 11.5. The first-order chi connectivity index (χ1) is 9.81. The van der Waals surface area contributed by atoms with Crippen LogP contribution in [0.25, 0.3) is 11.1 Å². The quantitative estimate of drug-likeness (QED) is 0.899. The summed E-state index contributed by atoms with van der Waals surface area (Å²) >= 11 is 0. The van der Waals surface area contributed by atoms with Crippen molar-refractivity contribution in [1.29, 1.82) is 0 Å². The molecule has 3 unspecified atom stereocenters. The van der Waals surface area contributed by atoms with Gasteiger partial charge < -0.3 is 5.73 Å². The summed E-state index contributed by atoms with van der Waals surface area (Å²) in [7, 11) is 0. The van der Waals surface area contributed by atoms with Crippen LogP contribution in [0.5, 0.6) is 0 Å². The Bertz CT molecular complexity index is 604. The second kappa shape index (κ2) is 4.62. The number of anilines is 1. The van der Waals surface area contributed by atoms with Gasteiger partial charge in [0.25, 0.3) is 0 Å². The van der Waals surface area contributed by atoms with Gasteiger partial charge in [0.15, 0.2) is 5.82 Å². The van der Waals surface area contributed by atoms with Crippen LogP contribution in [0.3, 0.4) is 0 Å². The van der Waals surface area contributed by atoms with E-state index in [0.717, 1.165) is 35.3 Å². The molecule has 3 atom stereocenters. The Hall–Kier alpha value is -1.84. The van der Waals surface area contributed by atoms with Crippen LogP contribution in [0.4, 0.5) is 5.82 Å². The SMILES string of the molecule is Nc1n[nH]c(CC2CC3CCC2C3)c1-c1cccnc1. The van der Waals surface area contributed by atoms with Crippen LogP contribution >= 0.6 is 0 Å². The molecule has 2 aliphatic rings. The van der Waals surface area contributed by atoms with Crippen molar-refractivity contribution in [1.82, 2.24) is 15.2 Å². The lowest BCUT2D eigenvalue weighted by atomic mass is 9.84. The summed E-state index contributed by atoms with van der Waals surface area (Å²) in [6.45, 7) is 0. The topological polar surface area (TPSA) is 67.6 Å². The average Bonchev–Trinajstić information content (AvgIpc) is 3.16. The third kappa shape index (κ3) is 1.90. The fourth-order valence-electron chi connectivity index (χ4n) is 4.26.